The average molecular weight is 165 g/mol. The van der Waals surface area contributed by atoms with E-state index in [0.717, 1.165) is 6.29 Å². The van der Waals surface area contributed by atoms with E-state index in [-0.39, 0.29) is 0 Å². The smallest absolute Gasteiger partial charge is 0.150 e. The molecule has 0 aliphatic heterocycles. The van der Waals surface area contributed by atoms with Gasteiger partial charge in [-0.3, -0.25) is 22.0 Å². The van der Waals surface area contributed by atoms with Crippen molar-refractivity contribution in [1.82, 2.24) is 0 Å². The van der Waals surface area contributed by atoms with Crippen molar-refractivity contribution in [3.63, 3.8) is 0 Å². The van der Waals surface area contributed by atoms with Crippen molar-refractivity contribution in [3.8, 4) is 0 Å². The molecule has 0 fully saturated rings. The summed E-state index contributed by atoms with van der Waals surface area (Å²) >= 11 is 0. The Morgan fingerprint density at radius 2 is 1.58 bits per heavy atom. The SMILES string of the molecule is NC(N)(N)c1ccc(C=O)cc1. The standard InChI is InChI=1S/C8H11N3O/c9-8(10,11)7-3-1-6(5-12)2-4-7/h1-5H,9-11H2. The van der Waals surface area contributed by atoms with Crippen molar-refractivity contribution in [3.05, 3.63) is 35.4 Å². The summed E-state index contributed by atoms with van der Waals surface area (Å²) in [7, 11) is 0. The minimum Gasteiger partial charge on any atom is -0.298 e. The van der Waals surface area contributed by atoms with Crippen molar-refractivity contribution in [1.29, 1.82) is 0 Å². The quantitative estimate of drug-likeness (QED) is 0.406. The van der Waals surface area contributed by atoms with Crippen LogP contribution in [0.15, 0.2) is 24.3 Å². The fourth-order valence-electron chi connectivity index (χ4n) is 0.850. The number of carbonyl (C=O) groups excluding carboxylic acids is 1. The zero-order valence-corrected chi connectivity index (χ0v) is 6.53. The number of nitrogens with two attached hydrogens (primary N) is 3. The van der Waals surface area contributed by atoms with Gasteiger partial charge in [0, 0.05) is 11.1 Å². The summed E-state index contributed by atoms with van der Waals surface area (Å²) in [6, 6.07) is 6.49. The van der Waals surface area contributed by atoms with E-state index in [0.29, 0.717) is 11.1 Å². The number of aldehydes is 1. The van der Waals surface area contributed by atoms with E-state index in [1.807, 2.05) is 0 Å². The van der Waals surface area contributed by atoms with Gasteiger partial charge in [0.2, 0.25) is 0 Å². The van der Waals surface area contributed by atoms with Gasteiger partial charge >= 0.3 is 0 Å². The molecular formula is C8H11N3O. The highest BCUT2D eigenvalue weighted by Crippen LogP contribution is 2.07. The highest BCUT2D eigenvalue weighted by Gasteiger charge is 2.13. The molecule has 0 aliphatic rings. The third kappa shape index (κ3) is 1.88. The second-order valence-corrected chi connectivity index (χ2v) is 2.67. The van der Waals surface area contributed by atoms with Crippen LogP contribution >= 0.6 is 0 Å². The normalized spacial score (nSPS) is 11.2. The topological polar surface area (TPSA) is 95.1 Å². The van der Waals surface area contributed by atoms with Crippen LogP contribution in [0.1, 0.15) is 15.9 Å². The molecule has 0 aromatic heterocycles. The lowest BCUT2D eigenvalue weighted by Gasteiger charge is -2.18. The molecule has 1 aromatic carbocycles. The molecule has 0 radical (unpaired) electrons. The predicted molar refractivity (Wildman–Crippen MR) is 46.1 cm³/mol. The van der Waals surface area contributed by atoms with E-state index in [1.54, 1.807) is 24.3 Å². The summed E-state index contributed by atoms with van der Waals surface area (Å²) in [5.41, 5.74) is 17.4. The Hall–Kier alpha value is -1.23. The van der Waals surface area contributed by atoms with Gasteiger partial charge in [0.15, 0.2) is 0 Å². The zero-order chi connectivity index (χ0) is 9.19. The van der Waals surface area contributed by atoms with Gasteiger partial charge in [-0.25, -0.2) is 0 Å². The Labute approximate surface area is 70.3 Å². The van der Waals surface area contributed by atoms with Crippen LogP contribution in [-0.2, 0) is 5.79 Å². The van der Waals surface area contributed by atoms with Crippen molar-refractivity contribution in [2.45, 2.75) is 5.79 Å². The number of hydrogen-bond donors (Lipinski definition) is 3. The predicted octanol–water partition coefficient (Wildman–Crippen LogP) is -0.514. The molecule has 1 rings (SSSR count). The molecule has 64 valence electrons. The van der Waals surface area contributed by atoms with Gasteiger partial charge in [-0.2, -0.15) is 0 Å². The molecule has 0 heterocycles. The lowest BCUT2D eigenvalue weighted by atomic mass is 10.1. The lowest BCUT2D eigenvalue weighted by Crippen LogP contribution is -2.54. The summed E-state index contributed by atoms with van der Waals surface area (Å²) in [5.74, 6) is -1.33. The van der Waals surface area contributed by atoms with E-state index >= 15 is 0 Å². The minimum absolute atomic E-state index is 0.572. The van der Waals surface area contributed by atoms with Gasteiger partial charge in [-0.1, -0.05) is 24.3 Å². The van der Waals surface area contributed by atoms with E-state index in [2.05, 4.69) is 0 Å². The molecule has 1 aromatic rings. The third-order valence-corrected chi connectivity index (χ3v) is 1.55. The lowest BCUT2D eigenvalue weighted by molar-refractivity contribution is 0.112. The average Bonchev–Trinajstić information content (AvgIpc) is 2.03. The number of benzene rings is 1. The Kier molecular flexibility index (Phi) is 2.23. The van der Waals surface area contributed by atoms with E-state index in [1.165, 1.54) is 0 Å². The van der Waals surface area contributed by atoms with Crippen LogP contribution in [-0.4, -0.2) is 6.29 Å². The maximum atomic E-state index is 10.3. The van der Waals surface area contributed by atoms with Crippen molar-refractivity contribution < 1.29 is 4.79 Å². The van der Waals surface area contributed by atoms with Crippen LogP contribution in [0, 0.1) is 0 Å². The highest BCUT2D eigenvalue weighted by molar-refractivity contribution is 5.74. The molecule has 0 saturated heterocycles. The van der Waals surface area contributed by atoms with Gasteiger partial charge in [0.25, 0.3) is 0 Å². The third-order valence-electron chi connectivity index (χ3n) is 1.55. The summed E-state index contributed by atoms with van der Waals surface area (Å²) in [6.07, 6.45) is 0.745. The Bertz CT molecular complexity index is 273. The van der Waals surface area contributed by atoms with Crippen molar-refractivity contribution >= 4 is 6.29 Å². The van der Waals surface area contributed by atoms with Gasteiger partial charge in [0.05, 0.1) is 0 Å². The van der Waals surface area contributed by atoms with Crippen LogP contribution in [0.5, 0.6) is 0 Å². The molecule has 0 bridgehead atoms. The van der Waals surface area contributed by atoms with E-state index < -0.39 is 5.79 Å². The second kappa shape index (κ2) is 3.02. The molecule has 4 nitrogen and oxygen atoms in total. The first-order valence-corrected chi connectivity index (χ1v) is 3.46. The van der Waals surface area contributed by atoms with Gasteiger partial charge in [0.1, 0.15) is 12.1 Å². The zero-order valence-electron chi connectivity index (χ0n) is 6.53. The molecule has 0 aliphatic carbocycles. The van der Waals surface area contributed by atoms with Gasteiger partial charge in [-0.05, 0) is 0 Å². The summed E-state index contributed by atoms with van der Waals surface area (Å²) in [6.45, 7) is 0. The van der Waals surface area contributed by atoms with Crippen LogP contribution < -0.4 is 17.2 Å². The molecular weight excluding hydrogens is 154 g/mol. The molecule has 0 atom stereocenters. The molecule has 0 unspecified atom stereocenters. The monoisotopic (exact) mass is 165 g/mol. The Morgan fingerprint density at radius 3 is 1.92 bits per heavy atom. The van der Waals surface area contributed by atoms with Gasteiger partial charge in [-0.15, -0.1) is 0 Å². The van der Waals surface area contributed by atoms with Crippen LogP contribution in [0.3, 0.4) is 0 Å². The van der Waals surface area contributed by atoms with E-state index in [4.69, 9.17) is 17.2 Å². The first-order valence-electron chi connectivity index (χ1n) is 3.46. The van der Waals surface area contributed by atoms with E-state index in [9.17, 15) is 4.79 Å². The molecule has 0 spiro atoms. The number of carbonyl (C=O) groups is 1. The molecule has 4 heteroatoms. The Balaban J connectivity index is 3.00. The largest absolute Gasteiger partial charge is 0.298 e. The highest BCUT2D eigenvalue weighted by atomic mass is 16.1. The maximum Gasteiger partial charge on any atom is 0.150 e. The maximum absolute atomic E-state index is 10.3. The minimum atomic E-state index is -1.33. The fraction of sp³-hybridized carbons (Fsp3) is 0.125. The van der Waals surface area contributed by atoms with Gasteiger partial charge < -0.3 is 0 Å². The van der Waals surface area contributed by atoms with Crippen molar-refractivity contribution in [2.75, 3.05) is 0 Å². The summed E-state index contributed by atoms with van der Waals surface area (Å²) < 4.78 is 0. The van der Waals surface area contributed by atoms with Crippen LogP contribution in [0.25, 0.3) is 0 Å². The molecule has 0 saturated carbocycles. The molecule has 12 heavy (non-hydrogen) atoms. The first kappa shape index (κ1) is 8.86. The number of rotatable bonds is 2. The van der Waals surface area contributed by atoms with Crippen LogP contribution in [0.2, 0.25) is 0 Å². The molecule has 0 amide bonds. The first-order chi connectivity index (χ1) is 5.54. The number of hydrogen-bond acceptors (Lipinski definition) is 4. The second-order valence-electron chi connectivity index (χ2n) is 2.67. The fourth-order valence-corrected chi connectivity index (χ4v) is 0.850. The van der Waals surface area contributed by atoms with Crippen molar-refractivity contribution in [2.24, 2.45) is 17.2 Å². The summed E-state index contributed by atoms with van der Waals surface area (Å²) in [4.78, 5) is 10.3. The Morgan fingerprint density at radius 1 is 1.08 bits per heavy atom. The molecule has 6 N–H and O–H groups in total. The van der Waals surface area contributed by atoms with Crippen LogP contribution in [0.4, 0.5) is 0 Å². The summed E-state index contributed by atoms with van der Waals surface area (Å²) in [5, 5.41) is 0.